The molecule has 3 aromatic rings. The second-order valence-corrected chi connectivity index (χ2v) is 9.22. The van der Waals surface area contributed by atoms with Crippen LogP contribution in [0.2, 0.25) is 0 Å². The molecule has 0 saturated carbocycles. The fraction of sp³-hybridized carbons (Fsp3) is 0.370. The first kappa shape index (κ1) is 21.0. The van der Waals surface area contributed by atoms with Crippen LogP contribution in [-0.4, -0.2) is 41.4 Å². The Labute approximate surface area is 188 Å². The Kier molecular flexibility index (Phi) is 5.62. The number of carbonyl (C=O) groups excluding carboxylic acids is 1. The Bertz CT molecular complexity index is 1030. The highest BCUT2D eigenvalue weighted by Crippen LogP contribution is 2.41. The molecule has 1 N–H and O–H groups in total. The lowest BCUT2D eigenvalue weighted by Gasteiger charge is -2.53. The summed E-state index contributed by atoms with van der Waals surface area (Å²) in [6, 6.07) is 22.7. The Hall–Kier alpha value is -2.89. The minimum atomic E-state index is -1.97. The van der Waals surface area contributed by atoms with Gasteiger partial charge >= 0.3 is 5.97 Å². The number of hydrogen-bond acceptors (Lipinski definition) is 4. The topological polar surface area (TPSA) is 59.7 Å². The van der Waals surface area contributed by atoms with E-state index in [9.17, 15) is 9.90 Å². The average Bonchev–Trinajstić information content (AvgIpc) is 3.40. The van der Waals surface area contributed by atoms with Crippen molar-refractivity contribution in [3.05, 3.63) is 95.9 Å². The van der Waals surface area contributed by atoms with Crippen LogP contribution in [0.5, 0.6) is 0 Å². The summed E-state index contributed by atoms with van der Waals surface area (Å²) in [5.74, 6) is 0.104. The molecule has 2 aromatic carbocycles. The Morgan fingerprint density at radius 1 is 1.00 bits per heavy atom. The van der Waals surface area contributed by atoms with E-state index in [-0.39, 0.29) is 12.0 Å². The van der Waals surface area contributed by atoms with Gasteiger partial charge in [0.2, 0.25) is 11.8 Å². The smallest absolute Gasteiger partial charge is 0.355 e. The zero-order valence-corrected chi connectivity index (χ0v) is 18.2. The molecular formula is C27H30NO4+. The lowest BCUT2D eigenvalue weighted by Crippen LogP contribution is -2.66. The molecule has 32 heavy (non-hydrogen) atoms. The van der Waals surface area contributed by atoms with E-state index in [1.807, 2.05) is 12.1 Å². The first-order valence-corrected chi connectivity index (χ1v) is 11.5. The molecule has 1 aromatic heterocycles. The van der Waals surface area contributed by atoms with Crippen molar-refractivity contribution in [2.75, 3.05) is 19.6 Å². The lowest BCUT2D eigenvalue weighted by molar-refractivity contribution is -0.984. The van der Waals surface area contributed by atoms with Gasteiger partial charge in [0.15, 0.2) is 5.76 Å². The molecule has 3 aliphatic heterocycles. The van der Waals surface area contributed by atoms with Gasteiger partial charge in [-0.25, -0.2) is 4.79 Å². The molecule has 0 radical (unpaired) electrons. The molecule has 2 atom stereocenters. The van der Waals surface area contributed by atoms with E-state index in [0.717, 1.165) is 37.0 Å². The highest BCUT2D eigenvalue weighted by Gasteiger charge is 2.53. The summed E-state index contributed by atoms with van der Waals surface area (Å²) >= 11 is 0. The molecule has 2 unspecified atom stereocenters. The second-order valence-electron chi connectivity index (χ2n) is 9.22. The molecule has 5 heteroatoms. The SMILES string of the molecule is O=C(OC1CC2CC[N+]1(CCc1ccccc1)CC2)C(O)(c1ccccc1)c1ccco1. The van der Waals surface area contributed by atoms with Gasteiger partial charge in [0.25, 0.3) is 0 Å². The Morgan fingerprint density at radius 3 is 2.34 bits per heavy atom. The van der Waals surface area contributed by atoms with Crippen molar-refractivity contribution in [2.24, 2.45) is 5.92 Å². The number of ether oxygens (including phenoxy) is 1. The van der Waals surface area contributed by atoms with Crippen molar-refractivity contribution < 1.29 is 23.5 Å². The van der Waals surface area contributed by atoms with E-state index in [2.05, 4.69) is 24.3 Å². The standard InChI is InChI=1S/C27H30NO4/c29-26(27(30,24-12-7-19-31-24)23-10-5-2-6-11-23)32-25-20-22-14-17-28(25,18-15-22)16-13-21-8-3-1-4-9-21/h1-12,19,22,25,30H,13-18,20H2/q+1. The molecule has 0 spiro atoms. The first-order valence-electron chi connectivity index (χ1n) is 11.5. The minimum Gasteiger partial charge on any atom is -0.465 e. The van der Waals surface area contributed by atoms with Gasteiger partial charge in [0.1, 0.15) is 0 Å². The van der Waals surface area contributed by atoms with Crippen LogP contribution in [0.15, 0.2) is 83.5 Å². The molecular weight excluding hydrogens is 402 g/mol. The summed E-state index contributed by atoms with van der Waals surface area (Å²) in [6.45, 7) is 2.96. The van der Waals surface area contributed by atoms with E-state index in [1.165, 1.54) is 24.7 Å². The van der Waals surface area contributed by atoms with Gasteiger partial charge in [-0.2, -0.15) is 0 Å². The van der Waals surface area contributed by atoms with Gasteiger partial charge in [-0.3, -0.25) is 4.48 Å². The minimum absolute atomic E-state index is 0.181. The maximum Gasteiger partial charge on any atom is 0.355 e. The number of hydrogen-bond donors (Lipinski definition) is 1. The van der Waals surface area contributed by atoms with Crippen molar-refractivity contribution in [1.29, 1.82) is 0 Å². The summed E-state index contributed by atoms with van der Waals surface area (Å²) in [6.07, 6.45) is 5.36. The summed E-state index contributed by atoms with van der Waals surface area (Å²) in [4.78, 5) is 13.6. The fourth-order valence-electron chi connectivity index (χ4n) is 5.43. The van der Waals surface area contributed by atoms with Crippen molar-refractivity contribution >= 4 is 5.97 Å². The third-order valence-electron chi connectivity index (χ3n) is 7.41. The molecule has 4 heterocycles. The highest BCUT2D eigenvalue weighted by atomic mass is 16.6. The van der Waals surface area contributed by atoms with Crippen LogP contribution in [0.3, 0.4) is 0 Å². The van der Waals surface area contributed by atoms with Crippen LogP contribution in [0.25, 0.3) is 0 Å². The van der Waals surface area contributed by atoms with Crippen LogP contribution >= 0.6 is 0 Å². The summed E-state index contributed by atoms with van der Waals surface area (Å²) in [5.41, 5.74) is -0.215. The number of fused-ring (bicyclic) bond motifs is 3. The van der Waals surface area contributed by atoms with Crippen molar-refractivity contribution in [3.8, 4) is 0 Å². The van der Waals surface area contributed by atoms with Gasteiger partial charge in [-0.05, 0) is 23.6 Å². The number of esters is 1. The van der Waals surface area contributed by atoms with Gasteiger partial charge in [-0.15, -0.1) is 0 Å². The summed E-state index contributed by atoms with van der Waals surface area (Å²) in [7, 11) is 0. The van der Waals surface area contributed by atoms with E-state index < -0.39 is 11.6 Å². The first-order chi connectivity index (χ1) is 15.6. The lowest BCUT2D eigenvalue weighted by atomic mass is 9.83. The molecule has 5 nitrogen and oxygen atoms in total. The number of nitrogens with zero attached hydrogens (tertiary/aromatic N) is 1. The molecule has 3 saturated heterocycles. The number of furan rings is 1. The number of benzene rings is 2. The predicted molar refractivity (Wildman–Crippen MR) is 120 cm³/mol. The quantitative estimate of drug-likeness (QED) is 0.448. The van der Waals surface area contributed by atoms with Crippen LogP contribution in [-0.2, 0) is 21.6 Å². The summed E-state index contributed by atoms with van der Waals surface area (Å²) < 4.78 is 12.5. The number of rotatable bonds is 7. The van der Waals surface area contributed by atoms with E-state index in [0.29, 0.717) is 11.5 Å². The Morgan fingerprint density at radius 2 is 1.69 bits per heavy atom. The van der Waals surface area contributed by atoms with Crippen molar-refractivity contribution in [3.63, 3.8) is 0 Å². The molecule has 0 aliphatic carbocycles. The van der Waals surface area contributed by atoms with Crippen LogP contribution < -0.4 is 0 Å². The molecule has 2 bridgehead atoms. The monoisotopic (exact) mass is 432 g/mol. The molecule has 0 amide bonds. The zero-order valence-electron chi connectivity index (χ0n) is 18.2. The van der Waals surface area contributed by atoms with Gasteiger partial charge in [0, 0.05) is 31.2 Å². The molecule has 3 fully saturated rings. The summed E-state index contributed by atoms with van der Waals surface area (Å²) in [5, 5.41) is 11.6. The fourth-order valence-corrected chi connectivity index (χ4v) is 5.43. The second kappa shape index (κ2) is 8.57. The maximum atomic E-state index is 13.6. The van der Waals surface area contributed by atoms with E-state index in [1.54, 1.807) is 36.4 Å². The average molecular weight is 433 g/mol. The van der Waals surface area contributed by atoms with E-state index in [4.69, 9.17) is 9.15 Å². The number of carbonyl (C=O) groups is 1. The van der Waals surface area contributed by atoms with Gasteiger partial charge in [-0.1, -0.05) is 60.7 Å². The third kappa shape index (κ3) is 3.76. The number of aliphatic hydroxyl groups is 1. The predicted octanol–water partition coefficient (Wildman–Crippen LogP) is 4.26. The number of quaternary nitrogens is 1. The molecule has 166 valence electrons. The normalized spacial score (nSPS) is 26.4. The van der Waals surface area contributed by atoms with Crippen molar-refractivity contribution in [2.45, 2.75) is 37.5 Å². The number of piperidine rings is 3. The largest absolute Gasteiger partial charge is 0.465 e. The van der Waals surface area contributed by atoms with Crippen LogP contribution in [0.4, 0.5) is 0 Å². The van der Waals surface area contributed by atoms with Crippen LogP contribution in [0, 0.1) is 5.92 Å². The van der Waals surface area contributed by atoms with Gasteiger partial charge in [0.05, 0.1) is 25.9 Å². The maximum absolute atomic E-state index is 13.6. The van der Waals surface area contributed by atoms with Gasteiger partial charge < -0.3 is 14.3 Å². The van der Waals surface area contributed by atoms with E-state index >= 15 is 0 Å². The molecule has 6 rings (SSSR count). The van der Waals surface area contributed by atoms with Crippen molar-refractivity contribution in [1.82, 2.24) is 0 Å². The molecule has 3 aliphatic rings. The Balaban J connectivity index is 1.41. The third-order valence-corrected chi connectivity index (χ3v) is 7.41. The zero-order chi connectivity index (χ0) is 22.0. The highest BCUT2D eigenvalue weighted by molar-refractivity contribution is 5.84. The van der Waals surface area contributed by atoms with Crippen LogP contribution in [0.1, 0.15) is 36.1 Å².